The van der Waals surface area contributed by atoms with Gasteiger partial charge in [0.25, 0.3) is 5.69 Å². The largest absolute Gasteiger partial charge is 0.383 e. The van der Waals surface area contributed by atoms with Gasteiger partial charge < -0.3 is 10.1 Å². The molecule has 0 spiro atoms. The van der Waals surface area contributed by atoms with E-state index in [4.69, 9.17) is 4.74 Å². The monoisotopic (exact) mass is 289 g/mol. The van der Waals surface area contributed by atoms with Crippen LogP contribution in [-0.4, -0.2) is 29.7 Å². The fourth-order valence-electron chi connectivity index (χ4n) is 2.21. The number of methoxy groups -OCH3 is 1. The molecule has 6 nitrogen and oxygen atoms in total. The van der Waals surface area contributed by atoms with Crippen LogP contribution >= 0.6 is 0 Å². The molecule has 1 unspecified atom stereocenters. The molecule has 1 aromatic heterocycles. The quantitative estimate of drug-likeness (QED) is 0.652. The second kappa shape index (κ2) is 6.49. The lowest BCUT2D eigenvalue weighted by atomic mass is 10.0. The van der Waals surface area contributed by atoms with Crippen molar-refractivity contribution < 1.29 is 9.66 Å². The van der Waals surface area contributed by atoms with Crippen molar-refractivity contribution in [3.63, 3.8) is 0 Å². The summed E-state index contributed by atoms with van der Waals surface area (Å²) in [5, 5.41) is 15.0. The van der Waals surface area contributed by atoms with Crippen LogP contribution in [-0.2, 0) is 4.74 Å². The molecule has 0 aliphatic rings. The Morgan fingerprint density at radius 1 is 1.38 bits per heavy atom. The predicted molar refractivity (Wildman–Crippen MR) is 82.5 cm³/mol. The lowest BCUT2D eigenvalue weighted by Gasteiger charge is -2.23. The van der Waals surface area contributed by atoms with Crippen molar-refractivity contribution in [2.45, 2.75) is 19.9 Å². The van der Waals surface area contributed by atoms with Gasteiger partial charge in [0.2, 0.25) is 0 Å². The molecule has 0 amide bonds. The normalized spacial score (nSPS) is 12.6. The molecule has 6 heteroatoms. The summed E-state index contributed by atoms with van der Waals surface area (Å²) < 4.78 is 5.22. The van der Waals surface area contributed by atoms with Gasteiger partial charge in [-0.15, -0.1) is 0 Å². The molecule has 0 saturated carbocycles. The molecule has 0 fully saturated rings. The number of ether oxygens (including phenoxy) is 1. The summed E-state index contributed by atoms with van der Waals surface area (Å²) in [6.45, 7) is 4.75. The molecular formula is C15H19N3O3. The van der Waals surface area contributed by atoms with Crippen molar-refractivity contribution in [1.29, 1.82) is 0 Å². The highest BCUT2D eigenvalue weighted by Gasteiger charge is 2.18. The van der Waals surface area contributed by atoms with Crippen LogP contribution in [0.4, 0.5) is 11.4 Å². The molecule has 0 aliphatic carbocycles. The van der Waals surface area contributed by atoms with Crippen LogP contribution in [0.2, 0.25) is 0 Å². The Balaban J connectivity index is 2.46. The highest BCUT2D eigenvalue weighted by molar-refractivity contribution is 5.96. The molecule has 1 heterocycles. The first-order valence-corrected chi connectivity index (χ1v) is 6.82. The summed E-state index contributed by atoms with van der Waals surface area (Å²) >= 11 is 0. The van der Waals surface area contributed by atoms with Gasteiger partial charge in [0.05, 0.1) is 28.6 Å². The fourth-order valence-corrected chi connectivity index (χ4v) is 2.21. The standard InChI is InChI=1S/C15H19N3O3/c1-10(2)13(9-21-3)17-12-6-7-14(18(19)20)11-5-4-8-16-15(11)12/h4-8,10,13,17H,9H2,1-3H3. The first kappa shape index (κ1) is 15.2. The second-order valence-corrected chi connectivity index (χ2v) is 5.24. The van der Waals surface area contributed by atoms with Crippen molar-refractivity contribution in [2.75, 3.05) is 19.0 Å². The third kappa shape index (κ3) is 3.28. The molecule has 112 valence electrons. The number of benzene rings is 1. The smallest absolute Gasteiger partial charge is 0.278 e. The Morgan fingerprint density at radius 2 is 2.14 bits per heavy atom. The van der Waals surface area contributed by atoms with Crippen LogP contribution in [0.3, 0.4) is 0 Å². The van der Waals surface area contributed by atoms with E-state index in [1.165, 1.54) is 6.07 Å². The Bertz CT molecular complexity index is 643. The van der Waals surface area contributed by atoms with E-state index in [-0.39, 0.29) is 16.7 Å². The number of nitrogens with one attached hydrogen (secondary N) is 1. The number of pyridine rings is 1. The number of hydrogen-bond donors (Lipinski definition) is 1. The molecule has 2 rings (SSSR count). The van der Waals surface area contributed by atoms with Crippen molar-refractivity contribution in [3.8, 4) is 0 Å². The highest BCUT2D eigenvalue weighted by atomic mass is 16.6. The van der Waals surface area contributed by atoms with Crippen LogP contribution in [0, 0.1) is 16.0 Å². The molecule has 1 N–H and O–H groups in total. The number of non-ortho nitro benzene ring substituents is 1. The molecule has 1 aromatic carbocycles. The SMILES string of the molecule is COCC(Nc1ccc([N+](=O)[O-])c2cccnc12)C(C)C. The van der Waals surface area contributed by atoms with Crippen LogP contribution < -0.4 is 5.32 Å². The zero-order chi connectivity index (χ0) is 15.4. The van der Waals surface area contributed by atoms with Crippen molar-refractivity contribution in [2.24, 2.45) is 5.92 Å². The lowest BCUT2D eigenvalue weighted by molar-refractivity contribution is -0.383. The Kier molecular flexibility index (Phi) is 4.70. The van der Waals surface area contributed by atoms with Gasteiger partial charge in [-0.05, 0) is 24.1 Å². The van der Waals surface area contributed by atoms with Crippen LogP contribution in [0.15, 0.2) is 30.5 Å². The molecule has 0 aliphatic heterocycles. The van der Waals surface area contributed by atoms with Gasteiger partial charge in [0.15, 0.2) is 0 Å². The van der Waals surface area contributed by atoms with E-state index in [9.17, 15) is 10.1 Å². The summed E-state index contributed by atoms with van der Waals surface area (Å²) in [4.78, 5) is 15.0. The third-order valence-electron chi connectivity index (χ3n) is 3.44. The average Bonchev–Trinajstić information content (AvgIpc) is 2.46. The van der Waals surface area contributed by atoms with Gasteiger partial charge in [0, 0.05) is 19.4 Å². The molecule has 21 heavy (non-hydrogen) atoms. The number of anilines is 1. The minimum Gasteiger partial charge on any atom is -0.383 e. The first-order chi connectivity index (χ1) is 10.0. The van der Waals surface area contributed by atoms with Crippen LogP contribution in [0.25, 0.3) is 10.9 Å². The number of nitro benzene ring substituents is 1. The van der Waals surface area contributed by atoms with Crippen molar-refractivity contribution in [1.82, 2.24) is 4.98 Å². The van der Waals surface area contributed by atoms with E-state index in [1.807, 2.05) is 0 Å². The summed E-state index contributed by atoms with van der Waals surface area (Å²) in [5.41, 5.74) is 1.46. The number of fused-ring (bicyclic) bond motifs is 1. The molecule has 1 atom stereocenters. The maximum atomic E-state index is 11.1. The molecule has 0 radical (unpaired) electrons. The van der Waals surface area contributed by atoms with Crippen molar-refractivity contribution in [3.05, 3.63) is 40.6 Å². The topological polar surface area (TPSA) is 77.3 Å². The number of nitrogens with zero attached hydrogens (tertiary/aromatic N) is 2. The summed E-state index contributed by atoms with van der Waals surface area (Å²) in [6.07, 6.45) is 1.64. The average molecular weight is 289 g/mol. The Morgan fingerprint density at radius 3 is 2.76 bits per heavy atom. The summed E-state index contributed by atoms with van der Waals surface area (Å²) in [5.74, 6) is 0.360. The fraction of sp³-hybridized carbons (Fsp3) is 0.400. The third-order valence-corrected chi connectivity index (χ3v) is 3.44. The number of hydrogen-bond acceptors (Lipinski definition) is 5. The Hall–Kier alpha value is -2.21. The van der Waals surface area contributed by atoms with Crippen LogP contribution in [0.5, 0.6) is 0 Å². The predicted octanol–water partition coefficient (Wildman–Crippen LogP) is 3.23. The zero-order valence-corrected chi connectivity index (χ0v) is 12.4. The highest BCUT2D eigenvalue weighted by Crippen LogP contribution is 2.30. The summed E-state index contributed by atoms with van der Waals surface area (Å²) in [6, 6.07) is 6.75. The maximum absolute atomic E-state index is 11.1. The van der Waals surface area contributed by atoms with Gasteiger partial charge in [-0.2, -0.15) is 0 Å². The van der Waals surface area contributed by atoms with Gasteiger partial charge in [-0.1, -0.05) is 13.8 Å². The Labute approximate surface area is 123 Å². The maximum Gasteiger partial charge on any atom is 0.278 e. The molecule has 0 saturated heterocycles. The number of rotatable bonds is 6. The zero-order valence-electron chi connectivity index (χ0n) is 12.4. The van der Waals surface area contributed by atoms with E-state index in [0.717, 1.165) is 5.69 Å². The van der Waals surface area contributed by atoms with E-state index in [2.05, 4.69) is 24.1 Å². The lowest BCUT2D eigenvalue weighted by Crippen LogP contribution is -2.30. The molecular weight excluding hydrogens is 270 g/mol. The minimum absolute atomic E-state index is 0.0662. The first-order valence-electron chi connectivity index (χ1n) is 6.82. The number of nitro groups is 1. The van der Waals surface area contributed by atoms with Gasteiger partial charge in [-0.3, -0.25) is 15.1 Å². The van der Waals surface area contributed by atoms with Crippen molar-refractivity contribution >= 4 is 22.3 Å². The van der Waals surface area contributed by atoms with Crippen LogP contribution in [0.1, 0.15) is 13.8 Å². The van der Waals surface area contributed by atoms with E-state index < -0.39 is 0 Å². The summed E-state index contributed by atoms with van der Waals surface area (Å²) in [7, 11) is 1.66. The van der Waals surface area contributed by atoms with Gasteiger partial charge in [-0.25, -0.2) is 0 Å². The van der Waals surface area contributed by atoms with Gasteiger partial charge >= 0.3 is 0 Å². The molecule has 2 aromatic rings. The van der Waals surface area contributed by atoms with E-state index >= 15 is 0 Å². The molecule has 0 bridgehead atoms. The van der Waals surface area contributed by atoms with E-state index in [0.29, 0.717) is 23.4 Å². The van der Waals surface area contributed by atoms with Gasteiger partial charge in [0.1, 0.15) is 5.52 Å². The number of aromatic nitrogens is 1. The van der Waals surface area contributed by atoms with E-state index in [1.54, 1.807) is 31.5 Å². The second-order valence-electron chi connectivity index (χ2n) is 5.24. The minimum atomic E-state index is -0.386.